The molecule has 6 heteroatoms. The van der Waals surface area contributed by atoms with Crippen molar-refractivity contribution in [3.05, 3.63) is 78.5 Å². The Labute approximate surface area is 170 Å². The highest BCUT2D eigenvalue weighted by Crippen LogP contribution is 2.20. The smallest absolute Gasteiger partial charge is 0.255 e. The number of ether oxygens (including phenoxy) is 1. The SMILES string of the molecule is COc1ccc(C(=O)Nc2ccc(N3CCN(c4ccccc4)CC3)nc2)cc1. The first-order valence-corrected chi connectivity index (χ1v) is 9.69. The molecule has 1 aliphatic rings. The standard InChI is InChI=1S/C23H24N4O2/c1-29-21-10-7-18(8-11-21)23(28)25-19-9-12-22(24-17-19)27-15-13-26(14-16-27)20-5-3-2-4-6-20/h2-12,17H,13-16H2,1H3,(H,25,28). The number of rotatable bonds is 5. The van der Waals surface area contributed by atoms with Crippen molar-refractivity contribution in [2.75, 3.05) is 48.4 Å². The van der Waals surface area contributed by atoms with Gasteiger partial charge in [-0.3, -0.25) is 4.79 Å². The van der Waals surface area contributed by atoms with E-state index in [1.165, 1.54) is 5.69 Å². The van der Waals surface area contributed by atoms with Gasteiger partial charge in [-0.25, -0.2) is 4.98 Å². The van der Waals surface area contributed by atoms with E-state index in [0.29, 0.717) is 11.3 Å². The number of hydrogen-bond acceptors (Lipinski definition) is 5. The van der Waals surface area contributed by atoms with Gasteiger partial charge in [-0.1, -0.05) is 18.2 Å². The zero-order valence-corrected chi connectivity index (χ0v) is 16.4. The molecule has 0 unspecified atom stereocenters. The van der Waals surface area contributed by atoms with Crippen molar-refractivity contribution in [2.45, 2.75) is 0 Å². The van der Waals surface area contributed by atoms with Crippen molar-refractivity contribution in [3.63, 3.8) is 0 Å². The van der Waals surface area contributed by atoms with Gasteiger partial charge in [-0.2, -0.15) is 0 Å². The van der Waals surface area contributed by atoms with Crippen LogP contribution in [0.2, 0.25) is 0 Å². The van der Waals surface area contributed by atoms with E-state index < -0.39 is 0 Å². The summed E-state index contributed by atoms with van der Waals surface area (Å²) >= 11 is 0. The molecule has 2 heterocycles. The number of hydrogen-bond donors (Lipinski definition) is 1. The van der Waals surface area contributed by atoms with Crippen LogP contribution >= 0.6 is 0 Å². The summed E-state index contributed by atoms with van der Waals surface area (Å²) in [5.74, 6) is 1.48. The van der Waals surface area contributed by atoms with Gasteiger partial charge in [-0.05, 0) is 48.5 Å². The van der Waals surface area contributed by atoms with Crippen LogP contribution in [0.3, 0.4) is 0 Å². The fourth-order valence-electron chi connectivity index (χ4n) is 3.43. The van der Waals surface area contributed by atoms with Crippen molar-refractivity contribution in [1.82, 2.24) is 4.98 Å². The Kier molecular flexibility index (Phi) is 5.61. The Morgan fingerprint density at radius 2 is 1.59 bits per heavy atom. The minimum absolute atomic E-state index is 0.168. The molecule has 0 saturated carbocycles. The first-order valence-electron chi connectivity index (χ1n) is 9.69. The van der Waals surface area contributed by atoms with E-state index in [1.54, 1.807) is 37.6 Å². The number of piperazine rings is 1. The Morgan fingerprint density at radius 1 is 0.897 bits per heavy atom. The molecule has 0 spiro atoms. The highest BCUT2D eigenvalue weighted by atomic mass is 16.5. The Balaban J connectivity index is 1.34. The summed E-state index contributed by atoms with van der Waals surface area (Å²) in [4.78, 5) is 21.6. The second kappa shape index (κ2) is 8.65. The third-order valence-electron chi connectivity index (χ3n) is 5.08. The highest BCUT2D eigenvalue weighted by molar-refractivity contribution is 6.04. The van der Waals surface area contributed by atoms with Gasteiger partial charge in [-0.15, -0.1) is 0 Å². The fourth-order valence-corrected chi connectivity index (χ4v) is 3.43. The molecule has 0 radical (unpaired) electrons. The summed E-state index contributed by atoms with van der Waals surface area (Å²) in [7, 11) is 1.60. The van der Waals surface area contributed by atoms with Crippen molar-refractivity contribution in [3.8, 4) is 5.75 Å². The molecule has 0 bridgehead atoms. The normalized spacial score (nSPS) is 13.8. The number of anilines is 3. The molecule has 1 aromatic heterocycles. The molecule has 1 aliphatic heterocycles. The van der Waals surface area contributed by atoms with Crippen LogP contribution in [0.5, 0.6) is 5.75 Å². The maximum Gasteiger partial charge on any atom is 0.255 e. The lowest BCUT2D eigenvalue weighted by atomic mass is 10.2. The topological polar surface area (TPSA) is 57.7 Å². The molecule has 3 aromatic rings. The Hall–Kier alpha value is -3.54. The monoisotopic (exact) mass is 388 g/mol. The average molecular weight is 388 g/mol. The maximum absolute atomic E-state index is 12.4. The third kappa shape index (κ3) is 4.48. The van der Waals surface area contributed by atoms with Crippen molar-refractivity contribution in [1.29, 1.82) is 0 Å². The molecule has 1 N–H and O–H groups in total. The number of nitrogens with one attached hydrogen (secondary N) is 1. The van der Waals surface area contributed by atoms with E-state index in [0.717, 1.165) is 37.7 Å². The molecule has 0 aliphatic carbocycles. The Morgan fingerprint density at radius 3 is 2.21 bits per heavy atom. The van der Waals surface area contributed by atoms with Crippen LogP contribution in [0.4, 0.5) is 17.2 Å². The van der Waals surface area contributed by atoms with E-state index in [-0.39, 0.29) is 5.91 Å². The zero-order chi connectivity index (χ0) is 20.1. The lowest BCUT2D eigenvalue weighted by Gasteiger charge is -2.36. The minimum atomic E-state index is -0.168. The maximum atomic E-state index is 12.4. The van der Waals surface area contributed by atoms with Gasteiger partial charge in [0.15, 0.2) is 0 Å². The highest BCUT2D eigenvalue weighted by Gasteiger charge is 2.18. The van der Waals surface area contributed by atoms with Crippen LogP contribution in [0.25, 0.3) is 0 Å². The van der Waals surface area contributed by atoms with E-state index >= 15 is 0 Å². The molecule has 29 heavy (non-hydrogen) atoms. The molecule has 6 nitrogen and oxygen atoms in total. The number of nitrogens with zero attached hydrogens (tertiary/aromatic N) is 3. The van der Waals surface area contributed by atoms with Crippen molar-refractivity contribution in [2.24, 2.45) is 0 Å². The molecular formula is C23H24N4O2. The van der Waals surface area contributed by atoms with Gasteiger partial charge in [0, 0.05) is 37.4 Å². The second-order valence-corrected chi connectivity index (χ2v) is 6.90. The summed E-state index contributed by atoms with van der Waals surface area (Å²) < 4.78 is 5.12. The molecule has 1 amide bonds. The third-order valence-corrected chi connectivity index (χ3v) is 5.08. The lowest BCUT2D eigenvalue weighted by Crippen LogP contribution is -2.46. The van der Waals surface area contributed by atoms with Crippen LogP contribution < -0.4 is 19.9 Å². The number of methoxy groups -OCH3 is 1. The van der Waals surface area contributed by atoms with Gasteiger partial charge in [0.2, 0.25) is 0 Å². The summed E-state index contributed by atoms with van der Waals surface area (Å²) in [5.41, 5.74) is 2.51. The van der Waals surface area contributed by atoms with Crippen molar-refractivity contribution < 1.29 is 9.53 Å². The molecular weight excluding hydrogens is 364 g/mol. The minimum Gasteiger partial charge on any atom is -0.497 e. The van der Waals surface area contributed by atoms with Crippen LogP contribution in [0.15, 0.2) is 72.9 Å². The van der Waals surface area contributed by atoms with E-state index in [4.69, 9.17) is 4.74 Å². The first kappa shape index (κ1) is 18.8. The molecule has 0 atom stereocenters. The summed E-state index contributed by atoms with van der Waals surface area (Å²) in [6.45, 7) is 3.75. The van der Waals surface area contributed by atoms with E-state index in [2.05, 4.69) is 44.4 Å². The number of para-hydroxylation sites is 1. The predicted molar refractivity (Wildman–Crippen MR) is 116 cm³/mol. The van der Waals surface area contributed by atoms with Gasteiger partial charge < -0.3 is 19.9 Å². The zero-order valence-electron chi connectivity index (χ0n) is 16.4. The molecule has 148 valence electrons. The number of carbonyl (C=O) groups excluding carboxylic acids is 1. The van der Waals surface area contributed by atoms with Crippen LogP contribution in [-0.4, -0.2) is 44.2 Å². The Bertz CT molecular complexity index is 935. The fraction of sp³-hybridized carbons (Fsp3) is 0.217. The van der Waals surface area contributed by atoms with Crippen LogP contribution in [-0.2, 0) is 0 Å². The number of benzene rings is 2. The second-order valence-electron chi connectivity index (χ2n) is 6.90. The lowest BCUT2D eigenvalue weighted by molar-refractivity contribution is 0.102. The van der Waals surface area contributed by atoms with Gasteiger partial charge in [0.05, 0.1) is 19.0 Å². The quantitative estimate of drug-likeness (QED) is 0.723. The van der Waals surface area contributed by atoms with Crippen LogP contribution in [0, 0.1) is 0 Å². The van der Waals surface area contributed by atoms with Gasteiger partial charge in [0.1, 0.15) is 11.6 Å². The molecule has 1 fully saturated rings. The molecule has 4 rings (SSSR count). The van der Waals surface area contributed by atoms with Gasteiger partial charge >= 0.3 is 0 Å². The largest absolute Gasteiger partial charge is 0.497 e. The van der Waals surface area contributed by atoms with E-state index in [1.807, 2.05) is 18.2 Å². The molecule has 2 aromatic carbocycles. The predicted octanol–water partition coefficient (Wildman–Crippen LogP) is 3.67. The number of amides is 1. The number of carbonyl (C=O) groups is 1. The summed E-state index contributed by atoms with van der Waals surface area (Å²) in [5, 5.41) is 2.89. The van der Waals surface area contributed by atoms with Crippen LogP contribution in [0.1, 0.15) is 10.4 Å². The summed E-state index contributed by atoms with van der Waals surface area (Å²) in [6, 6.07) is 21.3. The van der Waals surface area contributed by atoms with Gasteiger partial charge in [0.25, 0.3) is 5.91 Å². The average Bonchev–Trinajstić information content (AvgIpc) is 2.80. The number of pyridine rings is 1. The van der Waals surface area contributed by atoms with E-state index in [9.17, 15) is 4.79 Å². The first-order chi connectivity index (χ1) is 14.2. The molecule has 1 saturated heterocycles. The summed E-state index contributed by atoms with van der Waals surface area (Å²) in [6.07, 6.45) is 1.71. The number of aromatic nitrogens is 1. The van der Waals surface area contributed by atoms with Crippen molar-refractivity contribution >= 4 is 23.1 Å².